The number of fused-ring (bicyclic) bond motifs is 2. The first kappa shape index (κ1) is 17.9. The lowest BCUT2D eigenvalue weighted by molar-refractivity contribution is 0.102. The number of hydrogen-bond acceptors (Lipinski definition) is 4. The van der Waals surface area contributed by atoms with Crippen molar-refractivity contribution in [1.82, 2.24) is 19.4 Å². The maximum Gasteiger partial charge on any atom is 0.274 e. The molecular weight excluding hydrogens is 376 g/mol. The molecule has 0 spiro atoms. The number of carbonyl (C=O) groups is 1. The Bertz CT molecular complexity index is 1330. The average molecular weight is 396 g/mol. The van der Waals surface area contributed by atoms with Gasteiger partial charge in [-0.3, -0.25) is 9.20 Å². The van der Waals surface area contributed by atoms with Gasteiger partial charge in [0.25, 0.3) is 5.91 Å². The number of benzene rings is 2. The lowest BCUT2D eigenvalue weighted by Gasteiger charge is -2.11. The zero-order valence-corrected chi connectivity index (χ0v) is 16.4. The molecule has 0 aliphatic heterocycles. The van der Waals surface area contributed by atoms with E-state index in [2.05, 4.69) is 25.6 Å². The molecule has 5 aromatic rings. The number of aromatic amines is 1. The SMILES string of the molecule is Cc1ccc(CNc2nc3ccccc3[nH]2)cc1NC(=O)c1cnc2ccccn12. The molecule has 0 atom stereocenters. The highest BCUT2D eigenvalue weighted by molar-refractivity contribution is 6.03. The van der Waals surface area contributed by atoms with Crippen molar-refractivity contribution >= 4 is 34.2 Å². The van der Waals surface area contributed by atoms with Crippen LogP contribution in [0.15, 0.2) is 73.1 Å². The first-order valence-corrected chi connectivity index (χ1v) is 9.69. The van der Waals surface area contributed by atoms with Gasteiger partial charge in [-0.15, -0.1) is 0 Å². The molecule has 5 rings (SSSR count). The number of nitrogens with zero attached hydrogens (tertiary/aromatic N) is 3. The maximum absolute atomic E-state index is 12.8. The van der Waals surface area contributed by atoms with Crippen molar-refractivity contribution in [1.29, 1.82) is 0 Å². The molecule has 148 valence electrons. The van der Waals surface area contributed by atoms with E-state index in [-0.39, 0.29) is 5.91 Å². The molecule has 0 saturated heterocycles. The molecule has 0 saturated carbocycles. The molecule has 30 heavy (non-hydrogen) atoms. The molecule has 7 heteroatoms. The van der Waals surface area contributed by atoms with Crippen molar-refractivity contribution in [2.75, 3.05) is 10.6 Å². The first-order valence-electron chi connectivity index (χ1n) is 9.69. The van der Waals surface area contributed by atoms with E-state index in [1.54, 1.807) is 10.6 Å². The molecule has 0 fully saturated rings. The quantitative estimate of drug-likeness (QED) is 0.411. The van der Waals surface area contributed by atoms with Crippen LogP contribution in [0, 0.1) is 6.92 Å². The molecule has 0 bridgehead atoms. The minimum Gasteiger partial charge on any atom is -0.352 e. The number of amides is 1. The van der Waals surface area contributed by atoms with Crippen LogP contribution >= 0.6 is 0 Å². The first-order chi connectivity index (χ1) is 14.7. The number of hydrogen-bond donors (Lipinski definition) is 3. The molecule has 3 heterocycles. The summed E-state index contributed by atoms with van der Waals surface area (Å²) in [5.74, 6) is 0.521. The van der Waals surface area contributed by atoms with Crippen LogP contribution in [0.3, 0.4) is 0 Å². The number of aryl methyl sites for hydroxylation is 1. The Hall–Kier alpha value is -4.13. The second-order valence-corrected chi connectivity index (χ2v) is 7.13. The molecule has 0 unspecified atom stereocenters. The van der Waals surface area contributed by atoms with E-state index in [1.165, 1.54) is 0 Å². The Labute approximate surface area is 172 Å². The number of anilines is 2. The monoisotopic (exact) mass is 396 g/mol. The van der Waals surface area contributed by atoms with Crippen molar-refractivity contribution in [3.63, 3.8) is 0 Å². The van der Waals surface area contributed by atoms with E-state index in [1.807, 2.05) is 73.8 Å². The van der Waals surface area contributed by atoms with Gasteiger partial charge in [0, 0.05) is 18.4 Å². The Morgan fingerprint density at radius 1 is 1.10 bits per heavy atom. The van der Waals surface area contributed by atoms with Crippen molar-refractivity contribution in [3.8, 4) is 0 Å². The number of aromatic nitrogens is 4. The van der Waals surface area contributed by atoms with E-state index in [9.17, 15) is 4.79 Å². The van der Waals surface area contributed by atoms with E-state index in [0.717, 1.165) is 33.5 Å². The summed E-state index contributed by atoms with van der Waals surface area (Å²) in [6.45, 7) is 2.55. The minimum absolute atomic E-state index is 0.195. The number of imidazole rings is 2. The molecule has 0 radical (unpaired) electrons. The summed E-state index contributed by atoms with van der Waals surface area (Å²) in [6, 6.07) is 19.6. The van der Waals surface area contributed by atoms with Gasteiger partial charge in [0.05, 0.1) is 17.2 Å². The van der Waals surface area contributed by atoms with Gasteiger partial charge in [0.15, 0.2) is 0 Å². The average Bonchev–Trinajstić information content (AvgIpc) is 3.38. The Kier molecular flexibility index (Phi) is 4.40. The highest BCUT2D eigenvalue weighted by Crippen LogP contribution is 2.20. The fraction of sp³-hybridized carbons (Fsp3) is 0.0870. The number of carbonyl (C=O) groups excluding carboxylic acids is 1. The van der Waals surface area contributed by atoms with Crippen LogP contribution in [0.25, 0.3) is 16.7 Å². The largest absolute Gasteiger partial charge is 0.352 e. The summed E-state index contributed by atoms with van der Waals surface area (Å²) in [5, 5.41) is 6.32. The second kappa shape index (κ2) is 7.36. The van der Waals surface area contributed by atoms with Crippen LogP contribution < -0.4 is 10.6 Å². The fourth-order valence-electron chi connectivity index (χ4n) is 3.42. The van der Waals surface area contributed by atoms with Gasteiger partial charge >= 0.3 is 0 Å². The van der Waals surface area contributed by atoms with Crippen LogP contribution in [0.1, 0.15) is 21.6 Å². The lowest BCUT2D eigenvalue weighted by atomic mass is 10.1. The molecule has 0 aliphatic rings. The van der Waals surface area contributed by atoms with Crippen molar-refractivity contribution in [3.05, 3.63) is 89.9 Å². The van der Waals surface area contributed by atoms with Crippen molar-refractivity contribution in [2.24, 2.45) is 0 Å². The zero-order valence-electron chi connectivity index (χ0n) is 16.4. The third kappa shape index (κ3) is 3.37. The smallest absolute Gasteiger partial charge is 0.274 e. The number of H-pyrrole nitrogens is 1. The van der Waals surface area contributed by atoms with E-state index < -0.39 is 0 Å². The minimum atomic E-state index is -0.195. The molecule has 2 aromatic carbocycles. The zero-order chi connectivity index (χ0) is 20.5. The van der Waals surface area contributed by atoms with Gasteiger partial charge in [-0.05, 0) is 48.4 Å². The van der Waals surface area contributed by atoms with Gasteiger partial charge in [-0.2, -0.15) is 0 Å². The summed E-state index contributed by atoms with van der Waals surface area (Å²) >= 11 is 0. The standard InChI is InChI=1S/C23H20N6O/c1-15-9-10-16(13-25-23-27-17-6-2-3-7-18(17)28-23)12-19(15)26-22(30)20-14-24-21-8-4-5-11-29(20)21/h2-12,14H,13H2,1H3,(H,26,30)(H2,25,27,28). The summed E-state index contributed by atoms with van der Waals surface area (Å²) in [5.41, 5.74) is 5.95. The van der Waals surface area contributed by atoms with Crippen LogP contribution in [0.5, 0.6) is 0 Å². The third-order valence-corrected chi connectivity index (χ3v) is 5.05. The van der Waals surface area contributed by atoms with Gasteiger partial charge in [-0.1, -0.05) is 30.3 Å². The molecule has 0 aliphatic carbocycles. The van der Waals surface area contributed by atoms with Crippen molar-refractivity contribution < 1.29 is 4.79 Å². The maximum atomic E-state index is 12.8. The van der Waals surface area contributed by atoms with Crippen LogP contribution in [-0.4, -0.2) is 25.3 Å². The highest BCUT2D eigenvalue weighted by atomic mass is 16.1. The summed E-state index contributed by atoms with van der Waals surface area (Å²) in [7, 11) is 0. The number of pyridine rings is 1. The summed E-state index contributed by atoms with van der Waals surface area (Å²) in [6.07, 6.45) is 3.42. The van der Waals surface area contributed by atoms with E-state index in [0.29, 0.717) is 18.2 Å². The molecule has 1 amide bonds. The third-order valence-electron chi connectivity index (χ3n) is 5.05. The second-order valence-electron chi connectivity index (χ2n) is 7.13. The Balaban J connectivity index is 1.33. The topological polar surface area (TPSA) is 87.1 Å². The Morgan fingerprint density at radius 3 is 2.87 bits per heavy atom. The van der Waals surface area contributed by atoms with E-state index >= 15 is 0 Å². The fourth-order valence-corrected chi connectivity index (χ4v) is 3.42. The number of nitrogens with one attached hydrogen (secondary N) is 3. The van der Waals surface area contributed by atoms with Gasteiger partial charge in [0.2, 0.25) is 5.95 Å². The van der Waals surface area contributed by atoms with Crippen molar-refractivity contribution in [2.45, 2.75) is 13.5 Å². The van der Waals surface area contributed by atoms with Crippen LogP contribution in [0.2, 0.25) is 0 Å². The summed E-state index contributed by atoms with van der Waals surface area (Å²) in [4.78, 5) is 24.9. The normalized spacial score (nSPS) is 11.1. The summed E-state index contributed by atoms with van der Waals surface area (Å²) < 4.78 is 1.78. The molecule has 3 aromatic heterocycles. The number of para-hydroxylation sites is 2. The van der Waals surface area contributed by atoms with Gasteiger partial charge in [0.1, 0.15) is 11.3 Å². The van der Waals surface area contributed by atoms with Gasteiger partial charge < -0.3 is 15.6 Å². The van der Waals surface area contributed by atoms with Crippen LogP contribution in [0.4, 0.5) is 11.6 Å². The Morgan fingerprint density at radius 2 is 1.97 bits per heavy atom. The molecule has 7 nitrogen and oxygen atoms in total. The molecule has 3 N–H and O–H groups in total. The number of rotatable bonds is 5. The van der Waals surface area contributed by atoms with Crippen LogP contribution in [-0.2, 0) is 6.54 Å². The van der Waals surface area contributed by atoms with E-state index in [4.69, 9.17) is 0 Å². The lowest BCUT2D eigenvalue weighted by Crippen LogP contribution is -2.15. The predicted octanol–water partition coefficient (Wildman–Crippen LogP) is 4.38. The van der Waals surface area contributed by atoms with Gasteiger partial charge in [-0.25, -0.2) is 9.97 Å². The molecular formula is C23H20N6O. The predicted molar refractivity (Wildman–Crippen MR) is 118 cm³/mol. The highest BCUT2D eigenvalue weighted by Gasteiger charge is 2.13.